The average molecular weight is 413 g/mol. The number of nitrogens with one attached hydrogen (secondary N) is 1. The molecule has 138 valence electrons. The molecule has 0 aliphatic carbocycles. The van der Waals surface area contributed by atoms with E-state index in [0.717, 1.165) is 4.47 Å². The molecule has 1 aliphatic rings. The average Bonchev–Trinajstić information content (AvgIpc) is 2.53. The third kappa shape index (κ3) is 5.63. The molecule has 0 saturated carbocycles. The van der Waals surface area contributed by atoms with Crippen LogP contribution < -0.4 is 10.1 Å². The molecule has 2 amide bonds. The van der Waals surface area contributed by atoms with Crippen molar-refractivity contribution in [2.75, 3.05) is 20.2 Å². The van der Waals surface area contributed by atoms with Crippen molar-refractivity contribution in [2.45, 2.75) is 45.3 Å². The molecule has 1 N–H and O–H groups in total. The van der Waals surface area contributed by atoms with Crippen LogP contribution >= 0.6 is 15.9 Å². The highest BCUT2D eigenvalue weighted by molar-refractivity contribution is 9.10. The molecule has 1 fully saturated rings. The molecule has 1 aliphatic heterocycles. The Kier molecular flexibility index (Phi) is 6.32. The number of piperidine rings is 1. The molecule has 0 aromatic heterocycles. The number of halogens is 1. The quantitative estimate of drug-likeness (QED) is 0.823. The molecule has 1 aromatic rings. The highest BCUT2D eigenvalue weighted by atomic mass is 79.9. The van der Waals surface area contributed by atoms with E-state index < -0.39 is 5.60 Å². The van der Waals surface area contributed by atoms with Crippen LogP contribution in [0.5, 0.6) is 5.75 Å². The first-order valence-electron chi connectivity index (χ1n) is 8.32. The minimum Gasteiger partial charge on any atom is -0.496 e. The third-order valence-corrected chi connectivity index (χ3v) is 4.52. The smallest absolute Gasteiger partial charge is 0.410 e. The van der Waals surface area contributed by atoms with Gasteiger partial charge >= 0.3 is 6.09 Å². The first-order chi connectivity index (χ1) is 11.7. The van der Waals surface area contributed by atoms with Crippen molar-refractivity contribution < 1.29 is 19.1 Å². The topological polar surface area (TPSA) is 67.9 Å². The Morgan fingerprint density at radius 2 is 1.88 bits per heavy atom. The van der Waals surface area contributed by atoms with Crippen molar-refractivity contribution in [3.8, 4) is 5.75 Å². The summed E-state index contributed by atoms with van der Waals surface area (Å²) < 4.78 is 11.3. The number of ether oxygens (including phenoxy) is 2. The lowest BCUT2D eigenvalue weighted by atomic mass is 10.0. The summed E-state index contributed by atoms with van der Waals surface area (Å²) in [6.07, 6.45) is 1.13. The summed E-state index contributed by atoms with van der Waals surface area (Å²) in [6.45, 7) is 6.71. The maximum absolute atomic E-state index is 12.4. The predicted octanol–water partition coefficient (Wildman–Crippen LogP) is 3.59. The lowest BCUT2D eigenvalue weighted by molar-refractivity contribution is 0.0199. The Labute approximate surface area is 157 Å². The van der Waals surface area contributed by atoms with Gasteiger partial charge in [-0.25, -0.2) is 4.79 Å². The van der Waals surface area contributed by atoms with Crippen LogP contribution in [0, 0.1) is 0 Å². The summed E-state index contributed by atoms with van der Waals surface area (Å²) in [5.74, 6) is 0.557. The van der Waals surface area contributed by atoms with E-state index in [2.05, 4.69) is 21.2 Å². The molecule has 0 unspecified atom stereocenters. The van der Waals surface area contributed by atoms with Gasteiger partial charge in [0.25, 0.3) is 5.91 Å². The van der Waals surface area contributed by atoms with Crippen molar-refractivity contribution in [3.05, 3.63) is 28.2 Å². The molecule has 0 bridgehead atoms. The van der Waals surface area contributed by atoms with Gasteiger partial charge in [-0.2, -0.15) is 0 Å². The molecule has 25 heavy (non-hydrogen) atoms. The van der Waals surface area contributed by atoms with E-state index in [9.17, 15) is 9.59 Å². The van der Waals surface area contributed by atoms with E-state index in [-0.39, 0.29) is 18.0 Å². The van der Waals surface area contributed by atoms with Crippen LogP contribution in [0.2, 0.25) is 0 Å². The summed E-state index contributed by atoms with van der Waals surface area (Å²) in [5, 5.41) is 3.03. The number of carbonyl (C=O) groups excluding carboxylic acids is 2. The second kappa shape index (κ2) is 8.08. The fraction of sp³-hybridized carbons (Fsp3) is 0.556. The largest absolute Gasteiger partial charge is 0.496 e. The molecular weight excluding hydrogens is 388 g/mol. The maximum atomic E-state index is 12.4. The highest BCUT2D eigenvalue weighted by Gasteiger charge is 2.27. The maximum Gasteiger partial charge on any atom is 0.410 e. The van der Waals surface area contributed by atoms with Gasteiger partial charge in [0.05, 0.1) is 11.6 Å². The summed E-state index contributed by atoms with van der Waals surface area (Å²) >= 11 is 3.39. The van der Waals surface area contributed by atoms with Crippen LogP contribution in [-0.4, -0.2) is 48.7 Å². The summed E-state index contributed by atoms with van der Waals surface area (Å²) in [6, 6.07) is 5.27. The lowest BCUT2D eigenvalue weighted by Crippen LogP contribution is -2.47. The Morgan fingerprint density at radius 1 is 1.24 bits per heavy atom. The van der Waals surface area contributed by atoms with Gasteiger partial charge in [0.15, 0.2) is 0 Å². The van der Waals surface area contributed by atoms with E-state index in [4.69, 9.17) is 9.47 Å². The van der Waals surface area contributed by atoms with Crippen molar-refractivity contribution in [2.24, 2.45) is 0 Å². The Balaban J connectivity index is 1.86. The monoisotopic (exact) mass is 412 g/mol. The van der Waals surface area contributed by atoms with E-state index in [1.165, 1.54) is 0 Å². The third-order valence-electron chi connectivity index (χ3n) is 3.90. The predicted molar refractivity (Wildman–Crippen MR) is 99.0 cm³/mol. The minimum atomic E-state index is -0.496. The van der Waals surface area contributed by atoms with Crippen molar-refractivity contribution in [3.63, 3.8) is 0 Å². The second-order valence-electron chi connectivity index (χ2n) is 7.06. The SMILES string of the molecule is COc1ccc(C(=O)NC2CCN(C(=O)OC(C)(C)C)CC2)cc1Br. The van der Waals surface area contributed by atoms with Crippen LogP contribution in [0.15, 0.2) is 22.7 Å². The second-order valence-corrected chi connectivity index (χ2v) is 7.92. The zero-order valence-corrected chi connectivity index (χ0v) is 16.7. The molecule has 2 rings (SSSR count). The minimum absolute atomic E-state index is 0.0482. The first-order valence-corrected chi connectivity index (χ1v) is 9.11. The van der Waals surface area contributed by atoms with Gasteiger partial charge in [0, 0.05) is 24.7 Å². The van der Waals surface area contributed by atoms with Crippen LogP contribution in [0.4, 0.5) is 4.79 Å². The van der Waals surface area contributed by atoms with Crippen LogP contribution in [0.3, 0.4) is 0 Å². The van der Waals surface area contributed by atoms with Crippen LogP contribution in [0.1, 0.15) is 44.0 Å². The van der Waals surface area contributed by atoms with Crippen LogP contribution in [0.25, 0.3) is 0 Å². The molecule has 0 spiro atoms. The van der Waals surface area contributed by atoms with Crippen molar-refractivity contribution >= 4 is 27.9 Å². The number of carbonyl (C=O) groups is 2. The van der Waals surface area contributed by atoms with Crippen LogP contribution in [-0.2, 0) is 4.74 Å². The zero-order chi connectivity index (χ0) is 18.6. The number of hydrogen-bond acceptors (Lipinski definition) is 4. The number of benzene rings is 1. The fourth-order valence-electron chi connectivity index (χ4n) is 2.61. The number of nitrogens with zero attached hydrogens (tertiary/aromatic N) is 1. The first kappa shape index (κ1) is 19.6. The van der Waals surface area contributed by atoms with E-state index in [1.54, 1.807) is 30.2 Å². The molecule has 7 heteroatoms. The molecule has 1 saturated heterocycles. The summed E-state index contributed by atoms with van der Waals surface area (Å²) in [4.78, 5) is 26.1. The molecule has 1 aromatic carbocycles. The van der Waals surface area contributed by atoms with Crippen molar-refractivity contribution in [1.29, 1.82) is 0 Å². The highest BCUT2D eigenvalue weighted by Crippen LogP contribution is 2.25. The molecule has 6 nitrogen and oxygen atoms in total. The molecular formula is C18H25BrN2O4. The Morgan fingerprint density at radius 3 is 2.40 bits per heavy atom. The number of methoxy groups -OCH3 is 1. The Bertz CT molecular complexity index is 634. The molecule has 0 atom stereocenters. The normalized spacial score (nSPS) is 15.6. The number of amides is 2. The van der Waals surface area contributed by atoms with Gasteiger partial charge in [-0.15, -0.1) is 0 Å². The van der Waals surface area contributed by atoms with E-state index >= 15 is 0 Å². The molecule has 0 radical (unpaired) electrons. The standard InChI is InChI=1S/C18H25BrN2O4/c1-18(2,3)25-17(23)21-9-7-13(8-10-21)20-16(22)12-5-6-15(24-4)14(19)11-12/h5-6,11,13H,7-10H2,1-4H3,(H,20,22). The van der Waals surface area contributed by atoms with Gasteiger partial charge < -0.3 is 19.7 Å². The fourth-order valence-corrected chi connectivity index (χ4v) is 3.15. The molecule has 1 heterocycles. The summed E-state index contributed by atoms with van der Waals surface area (Å²) in [5.41, 5.74) is 0.0754. The van der Waals surface area contributed by atoms with E-state index in [1.807, 2.05) is 20.8 Å². The van der Waals surface area contributed by atoms with E-state index in [0.29, 0.717) is 37.2 Å². The lowest BCUT2D eigenvalue weighted by Gasteiger charge is -2.33. The van der Waals surface area contributed by atoms with Gasteiger partial charge in [-0.05, 0) is 67.7 Å². The van der Waals surface area contributed by atoms with Gasteiger partial charge in [0.2, 0.25) is 0 Å². The van der Waals surface area contributed by atoms with Gasteiger partial charge in [-0.3, -0.25) is 4.79 Å². The number of hydrogen-bond donors (Lipinski definition) is 1. The number of likely N-dealkylation sites (tertiary alicyclic amines) is 1. The van der Waals surface area contributed by atoms with Gasteiger partial charge in [0.1, 0.15) is 11.4 Å². The zero-order valence-electron chi connectivity index (χ0n) is 15.1. The summed E-state index contributed by atoms with van der Waals surface area (Å²) in [7, 11) is 1.58. The van der Waals surface area contributed by atoms with Crippen molar-refractivity contribution in [1.82, 2.24) is 10.2 Å². The number of rotatable bonds is 3. The van der Waals surface area contributed by atoms with Gasteiger partial charge in [-0.1, -0.05) is 0 Å². The Hall–Kier alpha value is -1.76.